The molecule has 2 atom stereocenters. The molecule has 0 radical (unpaired) electrons. The maximum absolute atomic E-state index is 13.2. The predicted molar refractivity (Wildman–Crippen MR) is 116 cm³/mol. The van der Waals surface area contributed by atoms with Crippen LogP contribution >= 0.6 is 24.0 Å². The van der Waals surface area contributed by atoms with E-state index in [-0.39, 0.29) is 35.7 Å². The second-order valence-electron chi connectivity index (χ2n) is 8.35. The molecule has 1 aromatic carbocycles. The number of benzene rings is 1. The zero-order valence-corrected chi connectivity index (χ0v) is 18.5. The lowest BCUT2D eigenvalue weighted by Gasteiger charge is -2.39. The van der Waals surface area contributed by atoms with Crippen molar-refractivity contribution in [2.75, 3.05) is 37.6 Å². The van der Waals surface area contributed by atoms with Gasteiger partial charge in [-0.2, -0.15) is 0 Å². The summed E-state index contributed by atoms with van der Waals surface area (Å²) in [6.45, 7) is 11.0. The van der Waals surface area contributed by atoms with Crippen LogP contribution in [0.25, 0.3) is 0 Å². The average Bonchev–Trinajstić information content (AvgIpc) is 2.84. The molecule has 2 aliphatic rings. The van der Waals surface area contributed by atoms with Crippen LogP contribution in [0.2, 0.25) is 5.02 Å². The van der Waals surface area contributed by atoms with Gasteiger partial charge in [-0.1, -0.05) is 31.5 Å². The van der Waals surface area contributed by atoms with E-state index in [4.69, 9.17) is 11.6 Å². The maximum atomic E-state index is 13.2. The van der Waals surface area contributed by atoms with Crippen LogP contribution in [0.5, 0.6) is 0 Å². The molecule has 2 amide bonds. The number of nitrogens with one attached hydrogen (secondary N) is 2. The Morgan fingerprint density at radius 2 is 2.07 bits per heavy atom. The summed E-state index contributed by atoms with van der Waals surface area (Å²) in [4.78, 5) is 28.5. The molecule has 28 heavy (non-hydrogen) atoms. The Kier molecular flexibility index (Phi) is 7.37. The molecule has 0 saturated carbocycles. The molecule has 1 aromatic rings. The topological polar surface area (TPSA) is 64.7 Å². The van der Waals surface area contributed by atoms with E-state index in [1.165, 1.54) is 6.92 Å². The lowest BCUT2D eigenvalue weighted by Crippen LogP contribution is -2.60. The lowest BCUT2D eigenvalue weighted by atomic mass is 9.87. The van der Waals surface area contributed by atoms with E-state index in [2.05, 4.69) is 36.3 Å². The molecule has 2 aliphatic heterocycles. The Balaban J connectivity index is 0.00000280. The smallest absolute Gasteiger partial charge is 0.241 e. The summed E-state index contributed by atoms with van der Waals surface area (Å²) in [6.07, 6.45) is 0. The summed E-state index contributed by atoms with van der Waals surface area (Å²) in [7, 11) is 0. The van der Waals surface area contributed by atoms with E-state index in [0.29, 0.717) is 30.7 Å². The SMILES string of the molecule is CC(=O)NC[C@H]1CN[C@H](C)CN1CC(=O)N1CC(C)(C)c2ccc(Cl)cc21.Cl. The number of rotatable bonds is 4. The van der Waals surface area contributed by atoms with Gasteiger partial charge in [-0.15, -0.1) is 12.4 Å². The number of nitrogens with zero attached hydrogens (tertiary/aromatic N) is 2. The largest absolute Gasteiger partial charge is 0.355 e. The summed E-state index contributed by atoms with van der Waals surface area (Å²) in [5, 5.41) is 6.95. The van der Waals surface area contributed by atoms with Crippen molar-refractivity contribution in [3.05, 3.63) is 28.8 Å². The summed E-state index contributed by atoms with van der Waals surface area (Å²) in [5.74, 6) is 0.0239. The van der Waals surface area contributed by atoms with E-state index < -0.39 is 0 Å². The van der Waals surface area contributed by atoms with Crippen LogP contribution in [0.15, 0.2) is 18.2 Å². The molecular formula is C20H30Cl2N4O2. The molecule has 1 fully saturated rings. The van der Waals surface area contributed by atoms with Gasteiger partial charge >= 0.3 is 0 Å². The van der Waals surface area contributed by atoms with Gasteiger partial charge in [0.1, 0.15) is 0 Å². The highest BCUT2D eigenvalue weighted by Gasteiger charge is 2.39. The average molecular weight is 429 g/mol. The van der Waals surface area contributed by atoms with Crippen molar-refractivity contribution in [3.8, 4) is 0 Å². The van der Waals surface area contributed by atoms with Gasteiger partial charge in [-0.25, -0.2) is 0 Å². The monoisotopic (exact) mass is 428 g/mol. The van der Waals surface area contributed by atoms with Crippen molar-refractivity contribution < 1.29 is 9.59 Å². The van der Waals surface area contributed by atoms with Crippen LogP contribution in [-0.4, -0.2) is 61.5 Å². The standard InChI is InChI=1S/C20H29ClN4O2.ClH/c1-13-10-24(16(8-22-13)9-23-14(2)26)11-19(27)25-12-20(3,4)17-6-5-15(21)7-18(17)25;/h5-7,13,16,22H,8-12H2,1-4H3,(H,23,26);1H/t13-,16-;/m1./s1. The molecular weight excluding hydrogens is 399 g/mol. The van der Waals surface area contributed by atoms with Gasteiger partial charge in [-0.3, -0.25) is 14.5 Å². The van der Waals surface area contributed by atoms with Gasteiger partial charge in [-0.05, 0) is 24.6 Å². The Morgan fingerprint density at radius 1 is 1.36 bits per heavy atom. The van der Waals surface area contributed by atoms with Gasteiger partial charge in [0.25, 0.3) is 0 Å². The molecule has 156 valence electrons. The van der Waals surface area contributed by atoms with Gasteiger partial charge in [0.15, 0.2) is 0 Å². The van der Waals surface area contributed by atoms with Gasteiger partial charge in [0.05, 0.1) is 6.54 Å². The second-order valence-corrected chi connectivity index (χ2v) is 8.79. The highest BCUT2D eigenvalue weighted by atomic mass is 35.5. The van der Waals surface area contributed by atoms with Crippen molar-refractivity contribution in [1.29, 1.82) is 0 Å². The molecule has 0 unspecified atom stereocenters. The predicted octanol–water partition coefficient (Wildman–Crippen LogP) is 2.18. The second kappa shape index (κ2) is 8.99. The maximum Gasteiger partial charge on any atom is 0.241 e. The number of anilines is 1. The highest BCUT2D eigenvalue weighted by molar-refractivity contribution is 6.31. The first-order valence-electron chi connectivity index (χ1n) is 9.49. The molecule has 0 aliphatic carbocycles. The fourth-order valence-corrected chi connectivity index (χ4v) is 4.20. The summed E-state index contributed by atoms with van der Waals surface area (Å²) in [6, 6.07) is 6.21. The van der Waals surface area contributed by atoms with Crippen molar-refractivity contribution in [1.82, 2.24) is 15.5 Å². The van der Waals surface area contributed by atoms with Crippen LogP contribution in [0.3, 0.4) is 0 Å². The number of amides is 2. The Bertz CT molecular complexity index is 741. The molecule has 2 N–H and O–H groups in total. The zero-order valence-electron chi connectivity index (χ0n) is 16.9. The Hall–Kier alpha value is -1.34. The number of carbonyl (C=O) groups excluding carboxylic acids is 2. The molecule has 3 rings (SSSR count). The molecule has 6 nitrogen and oxygen atoms in total. The normalized spacial score (nSPS) is 23.7. The molecule has 8 heteroatoms. The van der Waals surface area contributed by atoms with E-state index in [0.717, 1.165) is 24.3 Å². The first-order chi connectivity index (χ1) is 12.7. The number of halogens is 2. The number of piperazine rings is 1. The lowest BCUT2D eigenvalue weighted by molar-refractivity contribution is -0.120. The number of fused-ring (bicyclic) bond motifs is 1. The number of hydrogen-bond acceptors (Lipinski definition) is 4. The van der Waals surface area contributed by atoms with Crippen molar-refractivity contribution in [2.24, 2.45) is 0 Å². The minimum Gasteiger partial charge on any atom is -0.355 e. The van der Waals surface area contributed by atoms with Crippen LogP contribution in [0, 0.1) is 0 Å². The minimum absolute atomic E-state index is 0. The molecule has 0 aromatic heterocycles. The zero-order chi connectivity index (χ0) is 19.8. The number of carbonyl (C=O) groups is 2. The van der Waals surface area contributed by atoms with Gasteiger partial charge in [0.2, 0.25) is 11.8 Å². The van der Waals surface area contributed by atoms with E-state index >= 15 is 0 Å². The third-order valence-corrected chi connectivity index (χ3v) is 5.72. The third kappa shape index (κ3) is 4.98. The Morgan fingerprint density at radius 3 is 2.75 bits per heavy atom. The van der Waals surface area contributed by atoms with Crippen LogP contribution < -0.4 is 15.5 Å². The van der Waals surface area contributed by atoms with E-state index in [1.54, 1.807) is 0 Å². The fourth-order valence-electron chi connectivity index (χ4n) is 4.04. The first-order valence-corrected chi connectivity index (χ1v) is 9.87. The van der Waals surface area contributed by atoms with Gasteiger partial charge < -0.3 is 15.5 Å². The fraction of sp³-hybridized carbons (Fsp3) is 0.600. The summed E-state index contributed by atoms with van der Waals surface area (Å²) in [5.41, 5.74) is 1.98. The van der Waals surface area contributed by atoms with Crippen molar-refractivity contribution in [3.63, 3.8) is 0 Å². The Labute approximate surface area is 178 Å². The van der Waals surface area contributed by atoms with Gasteiger partial charge in [0, 0.05) is 61.3 Å². The first kappa shape index (κ1) is 22.9. The highest BCUT2D eigenvalue weighted by Crippen LogP contribution is 2.41. The molecule has 1 saturated heterocycles. The quantitative estimate of drug-likeness (QED) is 0.770. The summed E-state index contributed by atoms with van der Waals surface area (Å²) < 4.78 is 0. The van der Waals surface area contributed by atoms with Crippen LogP contribution in [-0.2, 0) is 15.0 Å². The number of hydrogen-bond donors (Lipinski definition) is 2. The summed E-state index contributed by atoms with van der Waals surface area (Å²) >= 11 is 6.19. The molecule has 2 heterocycles. The van der Waals surface area contributed by atoms with E-state index in [9.17, 15) is 9.59 Å². The van der Waals surface area contributed by atoms with E-state index in [1.807, 2.05) is 23.1 Å². The molecule has 0 spiro atoms. The van der Waals surface area contributed by atoms with Crippen LogP contribution in [0.4, 0.5) is 5.69 Å². The minimum atomic E-state index is -0.0953. The van der Waals surface area contributed by atoms with Crippen molar-refractivity contribution in [2.45, 2.75) is 45.2 Å². The van der Waals surface area contributed by atoms with Crippen molar-refractivity contribution >= 4 is 41.5 Å². The third-order valence-electron chi connectivity index (χ3n) is 5.49. The van der Waals surface area contributed by atoms with Crippen LogP contribution in [0.1, 0.15) is 33.3 Å². The molecule has 0 bridgehead atoms.